The number of anilines is 2. The molecule has 2 aromatic rings. The average Bonchev–Trinajstić information content (AvgIpc) is 3.53. The summed E-state index contributed by atoms with van der Waals surface area (Å²) in [5.41, 5.74) is 6.49. The monoisotopic (exact) mass is 504 g/mol. The Bertz CT molecular complexity index is 1200. The molecule has 3 aliphatic rings. The number of halogens is 1. The topological polar surface area (TPSA) is 51.4 Å². The first-order valence-corrected chi connectivity index (χ1v) is 14.0. The molecule has 2 fully saturated rings. The van der Waals surface area contributed by atoms with Crippen molar-refractivity contribution in [1.29, 1.82) is 0 Å². The fraction of sp³-hybridized carbons (Fsp3) is 0.548. The van der Waals surface area contributed by atoms with Gasteiger partial charge in [-0.3, -0.25) is 4.99 Å². The Balaban J connectivity index is 1.40. The van der Waals surface area contributed by atoms with E-state index in [9.17, 15) is 0 Å². The van der Waals surface area contributed by atoms with Crippen molar-refractivity contribution in [1.82, 2.24) is 9.55 Å². The third-order valence-corrected chi connectivity index (χ3v) is 8.56. The Morgan fingerprint density at radius 2 is 2.00 bits per heavy atom. The molecule has 1 saturated carbocycles. The third kappa shape index (κ3) is 5.31. The lowest BCUT2D eigenvalue weighted by Crippen LogP contribution is -2.21. The minimum atomic E-state index is -0.256. The second-order valence-electron chi connectivity index (χ2n) is 11.3. The van der Waals surface area contributed by atoms with Crippen molar-refractivity contribution in [3.05, 3.63) is 59.2 Å². The summed E-state index contributed by atoms with van der Waals surface area (Å²) < 4.78 is 23.0. The van der Waals surface area contributed by atoms with E-state index < -0.39 is 0 Å². The van der Waals surface area contributed by atoms with Crippen LogP contribution in [0, 0.1) is 24.6 Å². The van der Waals surface area contributed by atoms with Crippen LogP contribution in [0.1, 0.15) is 87.3 Å². The molecule has 1 saturated heterocycles. The van der Waals surface area contributed by atoms with Gasteiger partial charge in [0.25, 0.3) is 0 Å². The highest BCUT2D eigenvalue weighted by molar-refractivity contribution is 5.91. The van der Waals surface area contributed by atoms with Gasteiger partial charge in [-0.2, -0.15) is 0 Å². The Morgan fingerprint density at radius 3 is 2.70 bits per heavy atom. The summed E-state index contributed by atoms with van der Waals surface area (Å²) in [4.78, 5) is 9.75. The van der Waals surface area contributed by atoms with Crippen molar-refractivity contribution in [3.8, 4) is 0 Å². The highest BCUT2D eigenvalue weighted by Gasteiger charge is 2.32. The van der Waals surface area contributed by atoms with Crippen molar-refractivity contribution in [2.75, 3.05) is 18.5 Å². The van der Waals surface area contributed by atoms with Crippen LogP contribution in [0.3, 0.4) is 0 Å². The Morgan fingerprint density at radius 1 is 1.22 bits per heavy atom. The Hall–Kier alpha value is -2.73. The number of ether oxygens (including phenoxy) is 1. The van der Waals surface area contributed by atoms with E-state index >= 15 is 4.39 Å². The normalized spacial score (nSPS) is 25.4. The van der Waals surface area contributed by atoms with Crippen molar-refractivity contribution in [3.63, 3.8) is 0 Å². The molecule has 1 aliphatic carbocycles. The van der Waals surface area contributed by atoms with Gasteiger partial charge >= 0.3 is 0 Å². The fourth-order valence-corrected chi connectivity index (χ4v) is 6.23. The molecular formula is C31H41FN4O. The second kappa shape index (κ2) is 10.9. The standard InChI is InChI=1S/C31H41FN4O/c1-6-23-15-20(3)16-26(32)29(23)35-31-34-28-17-33-27(12-9-21(4)24-10-7-19(2)8-11-24)22(5)30(28)36(31)25-13-14-37-18-25/h15-17,19,24-25,27H,4-14,18H2,1-3H3,(H,34,35). The number of fused-ring (bicyclic) bond motifs is 1. The lowest BCUT2D eigenvalue weighted by Gasteiger charge is -2.29. The molecule has 2 aliphatic heterocycles. The minimum absolute atomic E-state index is 0.000278. The van der Waals surface area contributed by atoms with E-state index in [1.54, 1.807) is 6.07 Å². The summed E-state index contributed by atoms with van der Waals surface area (Å²) in [6, 6.07) is 3.73. The molecule has 0 spiro atoms. The number of rotatable bonds is 8. The zero-order valence-corrected chi connectivity index (χ0v) is 22.7. The smallest absolute Gasteiger partial charge is 0.208 e. The minimum Gasteiger partial charge on any atom is -0.379 e. The summed E-state index contributed by atoms with van der Waals surface area (Å²) in [6.07, 6.45) is 10.5. The largest absolute Gasteiger partial charge is 0.379 e. The first kappa shape index (κ1) is 25.9. The lowest BCUT2D eigenvalue weighted by molar-refractivity contribution is 0.186. The van der Waals surface area contributed by atoms with Crippen LogP contribution in [0.25, 0.3) is 5.57 Å². The number of benzene rings is 1. The van der Waals surface area contributed by atoms with Gasteiger partial charge < -0.3 is 14.6 Å². The van der Waals surface area contributed by atoms with Gasteiger partial charge in [0.15, 0.2) is 0 Å². The van der Waals surface area contributed by atoms with E-state index in [0.717, 1.165) is 59.7 Å². The molecule has 1 aromatic heterocycles. The molecule has 2 unspecified atom stereocenters. The highest BCUT2D eigenvalue weighted by atomic mass is 19.1. The molecule has 1 aromatic carbocycles. The number of aromatic nitrogens is 2. The van der Waals surface area contributed by atoms with E-state index in [1.807, 2.05) is 26.1 Å². The highest BCUT2D eigenvalue weighted by Crippen LogP contribution is 2.39. The molecule has 1 N–H and O–H groups in total. The third-order valence-electron chi connectivity index (χ3n) is 8.56. The molecule has 198 valence electrons. The van der Waals surface area contributed by atoms with Gasteiger partial charge in [0.05, 0.1) is 30.1 Å². The quantitative estimate of drug-likeness (QED) is 0.377. The maximum atomic E-state index is 15.1. The van der Waals surface area contributed by atoms with Gasteiger partial charge in [0.2, 0.25) is 5.95 Å². The molecular weight excluding hydrogens is 463 g/mol. The zero-order valence-electron chi connectivity index (χ0n) is 22.7. The van der Waals surface area contributed by atoms with Gasteiger partial charge in [0.1, 0.15) is 11.5 Å². The van der Waals surface area contributed by atoms with E-state index in [1.165, 1.54) is 31.3 Å². The van der Waals surface area contributed by atoms with Gasteiger partial charge in [0, 0.05) is 12.8 Å². The van der Waals surface area contributed by atoms with Crippen LogP contribution in [-0.2, 0) is 11.2 Å². The number of hydrogen-bond donors (Lipinski definition) is 1. The van der Waals surface area contributed by atoms with Crippen LogP contribution in [-0.4, -0.2) is 35.0 Å². The maximum Gasteiger partial charge on any atom is 0.208 e. The number of nitrogens with zero attached hydrogens (tertiary/aromatic N) is 3. The molecule has 5 rings (SSSR count). The first-order chi connectivity index (χ1) is 17.9. The molecule has 6 heteroatoms. The predicted octanol–water partition coefficient (Wildman–Crippen LogP) is 7.58. The number of aliphatic imine (C=N–C) groups is 1. The molecule has 37 heavy (non-hydrogen) atoms. The van der Waals surface area contributed by atoms with Gasteiger partial charge in [-0.15, -0.1) is 0 Å². The number of hydrogen-bond acceptors (Lipinski definition) is 4. The second-order valence-corrected chi connectivity index (χ2v) is 11.3. The lowest BCUT2D eigenvalue weighted by atomic mass is 9.78. The molecule has 2 atom stereocenters. The molecule has 0 radical (unpaired) electrons. The van der Waals surface area contributed by atoms with Crippen LogP contribution in [0.4, 0.5) is 16.0 Å². The number of nitrogens with one attached hydrogen (secondary N) is 1. The van der Waals surface area contributed by atoms with E-state index in [-0.39, 0.29) is 17.9 Å². The van der Waals surface area contributed by atoms with Crippen LogP contribution >= 0.6 is 0 Å². The Kier molecular flexibility index (Phi) is 7.66. The van der Waals surface area contributed by atoms with Gasteiger partial charge in [-0.05, 0) is 80.1 Å². The fourth-order valence-electron chi connectivity index (χ4n) is 6.23. The van der Waals surface area contributed by atoms with Crippen LogP contribution < -0.4 is 5.32 Å². The van der Waals surface area contributed by atoms with Crippen molar-refractivity contribution in [2.45, 2.75) is 84.2 Å². The van der Waals surface area contributed by atoms with Crippen molar-refractivity contribution in [2.24, 2.45) is 16.8 Å². The number of aryl methyl sites for hydroxylation is 2. The molecule has 3 heterocycles. The number of allylic oxidation sites excluding steroid dienone is 1. The van der Waals surface area contributed by atoms with Crippen LogP contribution in [0.2, 0.25) is 0 Å². The van der Waals surface area contributed by atoms with E-state index in [2.05, 4.69) is 30.0 Å². The summed E-state index contributed by atoms with van der Waals surface area (Å²) in [7, 11) is 0. The first-order valence-electron chi connectivity index (χ1n) is 14.0. The molecule has 5 nitrogen and oxygen atoms in total. The maximum absolute atomic E-state index is 15.1. The summed E-state index contributed by atoms with van der Waals surface area (Å²) in [6.45, 7) is 16.6. The molecule has 0 amide bonds. The van der Waals surface area contributed by atoms with Gasteiger partial charge in [-0.1, -0.05) is 51.5 Å². The van der Waals surface area contributed by atoms with Crippen molar-refractivity contribution < 1.29 is 9.13 Å². The van der Waals surface area contributed by atoms with Crippen LogP contribution in [0.15, 0.2) is 35.9 Å². The van der Waals surface area contributed by atoms with Crippen molar-refractivity contribution >= 4 is 23.4 Å². The summed E-state index contributed by atoms with van der Waals surface area (Å²) in [5.74, 6) is 1.86. The molecule has 0 bridgehead atoms. The van der Waals surface area contributed by atoms with E-state index in [0.29, 0.717) is 30.8 Å². The van der Waals surface area contributed by atoms with E-state index in [4.69, 9.17) is 14.7 Å². The van der Waals surface area contributed by atoms with Gasteiger partial charge in [-0.25, -0.2) is 9.37 Å². The Labute approximate surface area is 220 Å². The zero-order chi connectivity index (χ0) is 26.1. The summed E-state index contributed by atoms with van der Waals surface area (Å²) >= 11 is 0. The number of imidazole rings is 1. The average molecular weight is 505 g/mol. The predicted molar refractivity (Wildman–Crippen MR) is 150 cm³/mol. The summed E-state index contributed by atoms with van der Waals surface area (Å²) in [5, 5.41) is 3.36. The SMILES string of the molecule is C=C(CCC1N=Cc2nc(Nc3c(F)cc(C)cc3CC)n(C3CCOC3)c2C1=C)C1CCC(C)CC1. The van der Waals surface area contributed by atoms with Crippen LogP contribution in [0.5, 0.6) is 0 Å².